The number of nitrogens with one attached hydrogen (secondary N) is 1. The predicted molar refractivity (Wildman–Crippen MR) is 81.8 cm³/mol. The second kappa shape index (κ2) is 6.64. The second-order valence-electron chi connectivity index (χ2n) is 6.40. The number of piperidine rings is 1. The Morgan fingerprint density at radius 2 is 2.14 bits per heavy atom. The summed E-state index contributed by atoms with van der Waals surface area (Å²) in [6.07, 6.45) is 7.80. The van der Waals surface area contributed by atoms with Crippen LogP contribution < -0.4 is 4.72 Å². The van der Waals surface area contributed by atoms with Gasteiger partial charge in [0.15, 0.2) is 5.82 Å². The summed E-state index contributed by atoms with van der Waals surface area (Å²) in [5, 5.41) is 4.06. The van der Waals surface area contributed by atoms with Gasteiger partial charge in [0.25, 0.3) is 0 Å². The number of rotatable bonds is 7. The van der Waals surface area contributed by atoms with Gasteiger partial charge in [0, 0.05) is 18.5 Å². The zero-order valence-electron chi connectivity index (χ0n) is 13.0. The van der Waals surface area contributed by atoms with E-state index in [0.29, 0.717) is 30.9 Å². The first-order valence-corrected chi connectivity index (χ1v) is 9.91. The van der Waals surface area contributed by atoms with Crippen LogP contribution in [0.25, 0.3) is 0 Å². The lowest BCUT2D eigenvalue weighted by Crippen LogP contribution is -2.41. The Balaban J connectivity index is 1.54. The smallest absolute Gasteiger partial charge is 0.240 e. The summed E-state index contributed by atoms with van der Waals surface area (Å²) in [6, 6.07) is 0.374. The van der Waals surface area contributed by atoms with E-state index < -0.39 is 10.0 Å². The Hall–Kier alpha value is -0.990. The minimum absolute atomic E-state index is 0.374. The van der Waals surface area contributed by atoms with Crippen LogP contribution in [0.1, 0.15) is 56.2 Å². The van der Waals surface area contributed by atoms with E-state index in [2.05, 4.69) is 19.8 Å². The zero-order chi connectivity index (χ0) is 15.6. The van der Waals surface area contributed by atoms with Crippen LogP contribution in [-0.4, -0.2) is 48.8 Å². The average molecular weight is 328 g/mol. The Morgan fingerprint density at radius 3 is 2.86 bits per heavy atom. The largest absolute Gasteiger partial charge is 0.338 e. The number of hydrogen-bond acceptors (Lipinski definition) is 6. The summed E-state index contributed by atoms with van der Waals surface area (Å²) >= 11 is 0. The second-order valence-corrected chi connectivity index (χ2v) is 8.23. The maximum absolute atomic E-state index is 11.2. The van der Waals surface area contributed by atoms with E-state index in [4.69, 9.17) is 4.52 Å². The molecule has 2 heterocycles. The summed E-state index contributed by atoms with van der Waals surface area (Å²) in [4.78, 5) is 6.83. The Bertz CT molecular complexity index is 597. The molecule has 2 fully saturated rings. The highest BCUT2D eigenvalue weighted by Crippen LogP contribution is 2.38. The molecule has 1 saturated heterocycles. The van der Waals surface area contributed by atoms with Crippen molar-refractivity contribution >= 4 is 10.0 Å². The van der Waals surface area contributed by atoms with E-state index in [1.54, 1.807) is 0 Å². The summed E-state index contributed by atoms with van der Waals surface area (Å²) < 4.78 is 30.3. The molecule has 1 aromatic heterocycles. The molecule has 0 aromatic carbocycles. The molecule has 1 aliphatic heterocycles. The van der Waals surface area contributed by atoms with Crippen molar-refractivity contribution in [2.24, 2.45) is 0 Å². The molecule has 1 saturated carbocycles. The molecule has 22 heavy (non-hydrogen) atoms. The van der Waals surface area contributed by atoms with Gasteiger partial charge < -0.3 is 4.52 Å². The van der Waals surface area contributed by atoms with Crippen LogP contribution >= 0.6 is 0 Å². The molecule has 1 atom stereocenters. The molecule has 0 radical (unpaired) electrons. The Morgan fingerprint density at radius 1 is 1.32 bits per heavy atom. The van der Waals surface area contributed by atoms with Gasteiger partial charge in [-0.05, 0) is 38.6 Å². The van der Waals surface area contributed by atoms with E-state index in [-0.39, 0.29) is 0 Å². The minimum atomic E-state index is -3.11. The third kappa shape index (κ3) is 4.50. The molecule has 0 amide bonds. The van der Waals surface area contributed by atoms with Crippen molar-refractivity contribution in [3.05, 3.63) is 11.7 Å². The fourth-order valence-corrected chi connectivity index (χ4v) is 3.51. The van der Waals surface area contributed by atoms with Gasteiger partial charge in [0.2, 0.25) is 15.9 Å². The lowest BCUT2D eigenvalue weighted by Gasteiger charge is -2.34. The first-order chi connectivity index (χ1) is 10.5. The number of aromatic nitrogens is 2. The van der Waals surface area contributed by atoms with Gasteiger partial charge in [-0.1, -0.05) is 11.6 Å². The highest BCUT2D eigenvalue weighted by atomic mass is 32.2. The van der Waals surface area contributed by atoms with Gasteiger partial charge in [0.05, 0.1) is 12.8 Å². The van der Waals surface area contributed by atoms with Crippen molar-refractivity contribution in [2.45, 2.75) is 57.0 Å². The highest BCUT2D eigenvalue weighted by molar-refractivity contribution is 7.88. The number of likely N-dealkylation sites (tertiary alicyclic amines) is 1. The van der Waals surface area contributed by atoms with Crippen molar-refractivity contribution in [3.63, 3.8) is 0 Å². The van der Waals surface area contributed by atoms with Gasteiger partial charge >= 0.3 is 0 Å². The van der Waals surface area contributed by atoms with Crippen molar-refractivity contribution in [1.29, 1.82) is 0 Å². The van der Waals surface area contributed by atoms with Gasteiger partial charge in [-0.2, -0.15) is 4.98 Å². The van der Waals surface area contributed by atoms with Crippen LogP contribution in [0.4, 0.5) is 0 Å². The van der Waals surface area contributed by atoms with Crippen molar-refractivity contribution in [2.75, 3.05) is 19.3 Å². The molecule has 2 aliphatic rings. The normalized spacial score (nSPS) is 23.8. The standard InChI is InChI=1S/C14H24N4O3S/c1-22(19,20)15-8-7-12-4-2-3-9-18(12)10-13-16-14(17-21-13)11-5-6-11/h11-12,15H,2-10H2,1H3/t12-/m0/s1. The molecule has 1 N–H and O–H groups in total. The first-order valence-electron chi connectivity index (χ1n) is 8.02. The topological polar surface area (TPSA) is 88.3 Å². The molecule has 0 spiro atoms. The minimum Gasteiger partial charge on any atom is -0.338 e. The quantitative estimate of drug-likeness (QED) is 0.810. The van der Waals surface area contributed by atoms with Gasteiger partial charge in [-0.25, -0.2) is 13.1 Å². The number of hydrogen-bond donors (Lipinski definition) is 1. The van der Waals surface area contributed by atoms with Crippen LogP contribution in [0, 0.1) is 0 Å². The fourth-order valence-electron chi connectivity index (χ4n) is 3.02. The molecule has 1 aromatic rings. The van der Waals surface area contributed by atoms with Gasteiger partial charge in [-0.15, -0.1) is 0 Å². The van der Waals surface area contributed by atoms with Crippen LogP contribution in [0.2, 0.25) is 0 Å². The Kier molecular flexibility index (Phi) is 4.79. The van der Waals surface area contributed by atoms with Crippen molar-refractivity contribution in [3.8, 4) is 0 Å². The van der Waals surface area contributed by atoms with E-state index in [9.17, 15) is 8.42 Å². The maximum atomic E-state index is 11.2. The van der Waals surface area contributed by atoms with E-state index in [1.165, 1.54) is 31.9 Å². The van der Waals surface area contributed by atoms with Crippen molar-refractivity contribution in [1.82, 2.24) is 19.8 Å². The summed E-state index contributed by atoms with van der Waals surface area (Å²) in [5.41, 5.74) is 0. The fraction of sp³-hybridized carbons (Fsp3) is 0.857. The monoisotopic (exact) mass is 328 g/mol. The summed E-state index contributed by atoms with van der Waals surface area (Å²) in [7, 11) is -3.11. The van der Waals surface area contributed by atoms with E-state index in [0.717, 1.165) is 25.2 Å². The molecular weight excluding hydrogens is 304 g/mol. The third-order valence-electron chi connectivity index (χ3n) is 4.36. The Labute approximate surface area is 131 Å². The van der Waals surface area contributed by atoms with Crippen LogP contribution in [-0.2, 0) is 16.6 Å². The molecule has 8 heteroatoms. The maximum Gasteiger partial charge on any atom is 0.240 e. The van der Waals surface area contributed by atoms with Crippen LogP contribution in [0.15, 0.2) is 4.52 Å². The molecule has 0 unspecified atom stereocenters. The third-order valence-corrected chi connectivity index (χ3v) is 5.08. The zero-order valence-corrected chi connectivity index (χ0v) is 13.8. The summed E-state index contributed by atoms with van der Waals surface area (Å²) in [5.74, 6) is 2.04. The molecule has 3 rings (SSSR count). The van der Waals surface area contributed by atoms with Crippen LogP contribution in [0.5, 0.6) is 0 Å². The SMILES string of the molecule is CS(=O)(=O)NCC[C@@H]1CCCCN1Cc1nc(C2CC2)no1. The average Bonchev–Trinajstić information content (AvgIpc) is 3.20. The van der Waals surface area contributed by atoms with Crippen molar-refractivity contribution < 1.29 is 12.9 Å². The number of nitrogens with zero attached hydrogens (tertiary/aromatic N) is 3. The summed E-state index contributed by atoms with van der Waals surface area (Å²) in [6.45, 7) is 2.16. The van der Waals surface area contributed by atoms with Gasteiger partial charge in [0.1, 0.15) is 0 Å². The predicted octanol–water partition coefficient (Wildman–Crippen LogP) is 1.24. The molecule has 124 valence electrons. The van der Waals surface area contributed by atoms with Gasteiger partial charge in [-0.3, -0.25) is 4.90 Å². The lowest BCUT2D eigenvalue weighted by atomic mass is 9.99. The van der Waals surface area contributed by atoms with E-state index in [1.807, 2.05) is 0 Å². The first kappa shape index (κ1) is 15.9. The molecule has 1 aliphatic carbocycles. The van der Waals surface area contributed by atoms with Crippen LogP contribution in [0.3, 0.4) is 0 Å². The lowest BCUT2D eigenvalue weighted by molar-refractivity contribution is 0.118. The molecular formula is C14H24N4O3S. The molecule has 0 bridgehead atoms. The van der Waals surface area contributed by atoms with E-state index >= 15 is 0 Å². The molecule has 7 nitrogen and oxygen atoms in total. The highest BCUT2D eigenvalue weighted by Gasteiger charge is 2.30. The number of sulfonamides is 1.